The van der Waals surface area contributed by atoms with Crippen LogP contribution in [0.5, 0.6) is 0 Å². The highest BCUT2D eigenvalue weighted by atomic mass is 31.1. The summed E-state index contributed by atoms with van der Waals surface area (Å²) in [7, 11) is 1.31. The lowest BCUT2D eigenvalue weighted by atomic mass is 10.1. The fourth-order valence-corrected chi connectivity index (χ4v) is 3.29. The maximum atomic E-state index is 2.29. The highest BCUT2D eigenvalue weighted by Crippen LogP contribution is 2.39. The molecule has 1 saturated carbocycles. The normalized spacial score (nSPS) is 16.9. The largest absolute Gasteiger partial charge is 0.119 e. The van der Waals surface area contributed by atoms with Gasteiger partial charge in [-0.1, -0.05) is 51.9 Å². The Kier molecular flexibility index (Phi) is 7.78. The summed E-state index contributed by atoms with van der Waals surface area (Å²) in [5.74, 6) is 0. The van der Waals surface area contributed by atoms with E-state index in [1.165, 1.54) is 65.6 Å². The van der Waals surface area contributed by atoms with Crippen molar-refractivity contribution >= 4 is 8.58 Å². The minimum atomic E-state index is 1.18. The fourth-order valence-electron chi connectivity index (χ4n) is 1.85. The van der Waals surface area contributed by atoms with E-state index in [9.17, 15) is 0 Å². The summed E-state index contributed by atoms with van der Waals surface area (Å²) in [6, 6.07) is 0. The quantitative estimate of drug-likeness (QED) is 0.356. The van der Waals surface area contributed by atoms with Gasteiger partial charge in [-0.15, -0.1) is 8.58 Å². The van der Waals surface area contributed by atoms with E-state index in [1.54, 1.807) is 19.0 Å². The van der Waals surface area contributed by atoms with Gasteiger partial charge in [0.15, 0.2) is 0 Å². The molecule has 0 amide bonds. The van der Waals surface area contributed by atoms with Gasteiger partial charge in [0, 0.05) is 0 Å². The van der Waals surface area contributed by atoms with E-state index in [0.29, 0.717) is 0 Å². The summed E-state index contributed by atoms with van der Waals surface area (Å²) in [4.78, 5) is 0. The molecule has 1 fully saturated rings. The molecule has 0 aromatic rings. The van der Waals surface area contributed by atoms with E-state index in [0.717, 1.165) is 0 Å². The van der Waals surface area contributed by atoms with Crippen LogP contribution in [0.3, 0.4) is 0 Å². The van der Waals surface area contributed by atoms with Crippen LogP contribution in [0.4, 0.5) is 0 Å². The molecule has 0 aromatic carbocycles. The van der Waals surface area contributed by atoms with E-state index in [4.69, 9.17) is 0 Å². The van der Waals surface area contributed by atoms with Gasteiger partial charge in [0.05, 0.1) is 0 Å². The van der Waals surface area contributed by atoms with Crippen LogP contribution >= 0.6 is 8.58 Å². The van der Waals surface area contributed by atoms with Crippen molar-refractivity contribution in [3.63, 3.8) is 0 Å². The maximum absolute atomic E-state index is 2.29. The van der Waals surface area contributed by atoms with Gasteiger partial charge in [0.25, 0.3) is 0 Å². The van der Waals surface area contributed by atoms with Crippen LogP contribution in [-0.4, -0.2) is 11.8 Å². The summed E-state index contributed by atoms with van der Waals surface area (Å²) in [5, 5.41) is 0. The summed E-state index contributed by atoms with van der Waals surface area (Å²) in [6.45, 7) is 2.29. The average molecular weight is 214 g/mol. The van der Waals surface area contributed by atoms with Crippen molar-refractivity contribution in [1.29, 1.82) is 0 Å². The van der Waals surface area contributed by atoms with E-state index in [2.05, 4.69) is 6.92 Å². The minimum Gasteiger partial charge on any atom is -0.119 e. The molecule has 0 saturated heterocycles. The predicted octanol–water partition coefficient (Wildman–Crippen LogP) is 4.97. The number of hydrogen-bond acceptors (Lipinski definition) is 0. The first-order valence-corrected chi connectivity index (χ1v) is 7.95. The Balaban J connectivity index is 1.63. The number of rotatable bonds is 10. The van der Waals surface area contributed by atoms with Crippen molar-refractivity contribution in [2.45, 2.75) is 76.8 Å². The lowest BCUT2D eigenvalue weighted by molar-refractivity contribution is 0.586. The lowest BCUT2D eigenvalue weighted by Crippen LogP contribution is -1.83. The van der Waals surface area contributed by atoms with E-state index >= 15 is 0 Å². The molecule has 1 rings (SSSR count). The Bertz CT molecular complexity index is 118. The Labute approximate surface area is 92.0 Å². The molecular formula is C13H27P. The van der Waals surface area contributed by atoms with Gasteiger partial charge in [0.1, 0.15) is 0 Å². The Morgan fingerprint density at radius 2 is 1.43 bits per heavy atom. The number of hydrogen-bond donors (Lipinski definition) is 0. The fraction of sp³-hybridized carbons (Fsp3) is 1.00. The zero-order chi connectivity index (χ0) is 10.1. The van der Waals surface area contributed by atoms with Crippen molar-refractivity contribution < 1.29 is 0 Å². The molecule has 1 aliphatic carbocycles. The molecule has 0 N–H and O–H groups in total. The molecule has 84 valence electrons. The van der Waals surface area contributed by atoms with Gasteiger partial charge in [-0.05, 0) is 31.1 Å². The van der Waals surface area contributed by atoms with Gasteiger partial charge < -0.3 is 0 Å². The molecule has 0 nitrogen and oxygen atoms in total. The third-order valence-corrected chi connectivity index (χ3v) is 4.84. The second-order valence-electron chi connectivity index (χ2n) is 4.70. The molecule has 1 heteroatoms. The van der Waals surface area contributed by atoms with Crippen molar-refractivity contribution in [3.05, 3.63) is 0 Å². The van der Waals surface area contributed by atoms with Crippen molar-refractivity contribution in [2.24, 2.45) is 0 Å². The highest BCUT2D eigenvalue weighted by molar-refractivity contribution is 7.39. The van der Waals surface area contributed by atoms with Crippen molar-refractivity contribution in [2.75, 3.05) is 6.16 Å². The van der Waals surface area contributed by atoms with E-state index in [1.807, 2.05) is 0 Å². The van der Waals surface area contributed by atoms with Gasteiger partial charge >= 0.3 is 0 Å². The van der Waals surface area contributed by atoms with Crippen molar-refractivity contribution in [1.82, 2.24) is 0 Å². The SMILES string of the molecule is CCCCCCCCCCPC1CC1. The molecule has 1 unspecified atom stereocenters. The first kappa shape index (κ1) is 12.5. The summed E-state index contributed by atoms with van der Waals surface area (Å²) in [5.41, 5.74) is 1.18. The standard InChI is InChI=1S/C13H27P/c1-2-3-4-5-6-7-8-9-12-14-13-10-11-13/h13-14H,2-12H2,1H3. The molecule has 1 aliphatic rings. The van der Waals surface area contributed by atoms with E-state index in [-0.39, 0.29) is 0 Å². The van der Waals surface area contributed by atoms with Gasteiger partial charge in [-0.3, -0.25) is 0 Å². The second kappa shape index (κ2) is 8.72. The first-order chi connectivity index (χ1) is 6.93. The topological polar surface area (TPSA) is 0 Å². The summed E-state index contributed by atoms with van der Waals surface area (Å²) in [6.07, 6.45) is 16.4. The number of unbranched alkanes of at least 4 members (excludes halogenated alkanes) is 7. The monoisotopic (exact) mass is 214 g/mol. The summed E-state index contributed by atoms with van der Waals surface area (Å²) >= 11 is 0. The Morgan fingerprint density at radius 1 is 0.857 bits per heavy atom. The molecule has 1 atom stereocenters. The zero-order valence-electron chi connectivity index (χ0n) is 9.86. The van der Waals surface area contributed by atoms with Gasteiger partial charge in [-0.2, -0.15) is 0 Å². The average Bonchev–Trinajstić information content (AvgIpc) is 2.99. The molecule has 0 radical (unpaired) electrons. The molecule has 14 heavy (non-hydrogen) atoms. The summed E-state index contributed by atoms with van der Waals surface area (Å²) < 4.78 is 0. The van der Waals surface area contributed by atoms with Gasteiger partial charge in [-0.25, -0.2) is 0 Å². The van der Waals surface area contributed by atoms with Crippen LogP contribution in [0.2, 0.25) is 0 Å². The molecule has 0 aromatic heterocycles. The Morgan fingerprint density at radius 3 is 2.00 bits per heavy atom. The second-order valence-corrected chi connectivity index (χ2v) is 6.43. The predicted molar refractivity (Wildman–Crippen MR) is 68.8 cm³/mol. The van der Waals surface area contributed by atoms with Gasteiger partial charge in [0.2, 0.25) is 0 Å². The molecule has 0 bridgehead atoms. The molecular weight excluding hydrogens is 187 g/mol. The minimum absolute atomic E-state index is 1.18. The van der Waals surface area contributed by atoms with Crippen LogP contribution in [0.15, 0.2) is 0 Å². The van der Waals surface area contributed by atoms with Crippen LogP contribution in [0, 0.1) is 0 Å². The third-order valence-electron chi connectivity index (χ3n) is 3.04. The molecule has 0 heterocycles. The van der Waals surface area contributed by atoms with Crippen LogP contribution in [0.25, 0.3) is 0 Å². The smallest absolute Gasteiger partial charge is 0.0236 e. The van der Waals surface area contributed by atoms with Crippen LogP contribution in [-0.2, 0) is 0 Å². The van der Waals surface area contributed by atoms with Crippen molar-refractivity contribution in [3.8, 4) is 0 Å². The Hall–Kier alpha value is 0.430. The van der Waals surface area contributed by atoms with Crippen LogP contribution in [0.1, 0.15) is 71.1 Å². The highest BCUT2D eigenvalue weighted by Gasteiger charge is 2.19. The maximum Gasteiger partial charge on any atom is -0.0236 e. The van der Waals surface area contributed by atoms with E-state index < -0.39 is 0 Å². The lowest BCUT2D eigenvalue weighted by Gasteiger charge is -2.01. The molecule has 0 aliphatic heterocycles. The van der Waals surface area contributed by atoms with Crippen LogP contribution < -0.4 is 0 Å². The first-order valence-electron chi connectivity index (χ1n) is 6.67. The third kappa shape index (κ3) is 7.80. The molecule has 0 spiro atoms. The zero-order valence-corrected chi connectivity index (χ0v) is 10.9.